The van der Waals surface area contributed by atoms with Gasteiger partial charge in [0.05, 0.1) is 6.04 Å². The molecule has 0 aliphatic carbocycles. The van der Waals surface area contributed by atoms with E-state index in [1.807, 2.05) is 0 Å². The normalized spacial score (nSPS) is 17.7. The molecule has 182 valence electrons. The summed E-state index contributed by atoms with van der Waals surface area (Å²) >= 11 is 3.82. The van der Waals surface area contributed by atoms with Crippen LogP contribution >= 0.6 is 12.6 Å². The molecule has 1 heterocycles. The van der Waals surface area contributed by atoms with Gasteiger partial charge in [0.25, 0.3) is 0 Å². The van der Waals surface area contributed by atoms with Crippen LogP contribution in [0.1, 0.15) is 16.8 Å². The topological polar surface area (TPSA) is 120 Å². The number of nitrogens with one attached hydrogen (secondary N) is 2. The van der Waals surface area contributed by atoms with Crippen molar-refractivity contribution >= 4 is 41.3 Å². The van der Waals surface area contributed by atoms with Crippen LogP contribution in [0.5, 0.6) is 5.75 Å². The van der Waals surface area contributed by atoms with Crippen LogP contribution in [0.3, 0.4) is 0 Å². The molecule has 3 atom stereocenters. The Balaban J connectivity index is 2.11. The number of ether oxygens (including phenoxy) is 3. The molecule has 1 aliphatic rings. The van der Waals surface area contributed by atoms with Crippen molar-refractivity contribution in [1.29, 1.82) is 0 Å². The zero-order chi connectivity index (χ0) is 25.1. The lowest BCUT2D eigenvalue weighted by atomic mass is 9.90. The largest absolute Gasteiger partial charge is 0.489 e. The third-order valence-corrected chi connectivity index (χ3v) is 5.25. The summed E-state index contributed by atoms with van der Waals surface area (Å²) in [7, 11) is 0. The average Bonchev–Trinajstić information content (AvgIpc) is 3.29. The summed E-state index contributed by atoms with van der Waals surface area (Å²) < 4.78 is 15.6. The number of anilines is 1. The van der Waals surface area contributed by atoms with Gasteiger partial charge in [-0.25, -0.2) is 4.79 Å². The predicted molar refractivity (Wildman–Crippen MR) is 130 cm³/mol. The Morgan fingerprint density at radius 3 is 2.41 bits per heavy atom. The van der Waals surface area contributed by atoms with Crippen molar-refractivity contribution in [3.8, 4) is 5.75 Å². The molecule has 2 rings (SSSR count). The molecule has 1 unspecified atom stereocenters. The molecule has 0 bridgehead atoms. The Hall–Kier alpha value is -3.37. The molecule has 0 aromatic heterocycles. The van der Waals surface area contributed by atoms with Crippen LogP contribution in [0.15, 0.2) is 56.2 Å². The molecule has 0 saturated carbocycles. The second kappa shape index (κ2) is 13.4. The molecule has 1 saturated heterocycles. The van der Waals surface area contributed by atoms with Crippen molar-refractivity contribution in [2.45, 2.75) is 12.5 Å². The molecule has 34 heavy (non-hydrogen) atoms. The van der Waals surface area contributed by atoms with Gasteiger partial charge in [0.2, 0.25) is 5.91 Å². The molecule has 10 heteroatoms. The predicted octanol–water partition coefficient (Wildman–Crippen LogP) is 2.31. The zero-order valence-corrected chi connectivity index (χ0v) is 19.6. The number of esters is 2. The second-order valence-corrected chi connectivity index (χ2v) is 7.82. The smallest absolute Gasteiger partial charge is 0.342 e. The lowest BCUT2D eigenvalue weighted by molar-refractivity contribution is -0.151. The van der Waals surface area contributed by atoms with Crippen LogP contribution in [0.25, 0.3) is 0 Å². The third kappa shape index (κ3) is 7.32. The Bertz CT molecular complexity index is 963. The van der Waals surface area contributed by atoms with Gasteiger partial charge in [0.1, 0.15) is 37.1 Å². The number of hydrogen-bond donors (Lipinski definition) is 3. The van der Waals surface area contributed by atoms with Gasteiger partial charge in [-0.15, -0.1) is 12.6 Å². The molecule has 1 aromatic rings. The quantitative estimate of drug-likeness (QED) is 0.167. The van der Waals surface area contributed by atoms with Crippen LogP contribution < -0.4 is 15.4 Å². The summed E-state index contributed by atoms with van der Waals surface area (Å²) in [6.45, 7) is 11.0. The standard InChI is InChI=1S/C24H28N2O7S/c1-4-9-31-19-8-7-16(13-17(19)22(28)32-10-5-2)26-21(27)18-12-15(14-25-18)20(24(30)34)23(29)33-11-6-3/h4-8,13,15,18,20,25H,1-3,9-12,14H2,(H,26,27)(H,30,34)/t15-,18+,20?/m1/s1. The van der Waals surface area contributed by atoms with Crippen molar-refractivity contribution < 1.29 is 33.4 Å². The summed E-state index contributed by atoms with van der Waals surface area (Å²) in [4.78, 5) is 49.4. The fourth-order valence-corrected chi connectivity index (χ4v) is 3.74. The summed E-state index contributed by atoms with van der Waals surface area (Å²) in [5.74, 6) is -3.01. The average molecular weight is 489 g/mol. The highest BCUT2D eigenvalue weighted by molar-refractivity contribution is 7.96. The SMILES string of the molecule is C=CCOC(=O)c1cc(NC(=O)[C@@H]2C[C@@H](C(C(=O)S)C(=O)OCC=C)CN2)ccc1OCC=C. The van der Waals surface area contributed by atoms with Crippen LogP contribution in [-0.2, 0) is 23.9 Å². The summed E-state index contributed by atoms with van der Waals surface area (Å²) in [6, 6.07) is 3.90. The highest BCUT2D eigenvalue weighted by Gasteiger charge is 2.41. The van der Waals surface area contributed by atoms with E-state index < -0.39 is 40.8 Å². The van der Waals surface area contributed by atoms with Gasteiger partial charge in [-0.1, -0.05) is 38.0 Å². The van der Waals surface area contributed by atoms with E-state index in [2.05, 4.69) is 43.0 Å². The molecule has 1 aromatic carbocycles. The minimum Gasteiger partial charge on any atom is -0.489 e. The summed E-state index contributed by atoms with van der Waals surface area (Å²) in [5, 5.41) is 5.12. The van der Waals surface area contributed by atoms with Crippen LogP contribution in [0, 0.1) is 11.8 Å². The van der Waals surface area contributed by atoms with Crippen molar-refractivity contribution in [3.63, 3.8) is 0 Å². The van der Waals surface area contributed by atoms with Gasteiger partial charge in [-0.2, -0.15) is 0 Å². The molecule has 0 spiro atoms. The molecular formula is C24H28N2O7S. The highest BCUT2D eigenvalue weighted by Crippen LogP contribution is 2.28. The molecule has 0 radical (unpaired) electrons. The first-order chi connectivity index (χ1) is 16.3. The summed E-state index contributed by atoms with van der Waals surface area (Å²) in [6.07, 6.45) is 4.59. The van der Waals surface area contributed by atoms with Gasteiger partial charge in [0, 0.05) is 12.2 Å². The minimum atomic E-state index is -1.10. The van der Waals surface area contributed by atoms with Crippen LogP contribution in [0.4, 0.5) is 5.69 Å². The van der Waals surface area contributed by atoms with Crippen molar-refractivity contribution in [1.82, 2.24) is 5.32 Å². The molecule has 1 amide bonds. The Morgan fingerprint density at radius 1 is 1.09 bits per heavy atom. The number of benzene rings is 1. The number of amides is 1. The number of thiol groups is 1. The van der Waals surface area contributed by atoms with E-state index in [-0.39, 0.29) is 44.1 Å². The number of hydrogen-bond acceptors (Lipinski definition) is 8. The molecule has 1 fully saturated rings. The van der Waals surface area contributed by atoms with E-state index in [0.29, 0.717) is 5.69 Å². The van der Waals surface area contributed by atoms with Crippen molar-refractivity contribution in [3.05, 3.63) is 61.7 Å². The van der Waals surface area contributed by atoms with Gasteiger partial charge >= 0.3 is 11.9 Å². The van der Waals surface area contributed by atoms with Gasteiger partial charge in [0.15, 0.2) is 5.12 Å². The fraction of sp³-hybridized carbons (Fsp3) is 0.333. The van der Waals surface area contributed by atoms with E-state index in [1.165, 1.54) is 24.3 Å². The first-order valence-electron chi connectivity index (χ1n) is 10.5. The Labute approximate surface area is 203 Å². The van der Waals surface area contributed by atoms with Crippen molar-refractivity contribution in [2.75, 3.05) is 31.7 Å². The first-order valence-corrected chi connectivity index (χ1v) is 11.0. The molecule has 2 N–H and O–H groups in total. The monoisotopic (exact) mass is 488 g/mol. The molecular weight excluding hydrogens is 460 g/mol. The van der Waals surface area contributed by atoms with E-state index in [1.54, 1.807) is 12.1 Å². The fourth-order valence-electron chi connectivity index (χ4n) is 3.43. The van der Waals surface area contributed by atoms with Crippen LogP contribution in [0.2, 0.25) is 0 Å². The molecule has 1 aliphatic heterocycles. The van der Waals surface area contributed by atoms with E-state index >= 15 is 0 Å². The Kier molecular flexibility index (Phi) is 10.6. The molecule has 9 nitrogen and oxygen atoms in total. The lowest BCUT2D eigenvalue weighted by Crippen LogP contribution is -2.35. The lowest BCUT2D eigenvalue weighted by Gasteiger charge is -2.18. The zero-order valence-electron chi connectivity index (χ0n) is 18.7. The van der Waals surface area contributed by atoms with Gasteiger partial charge in [-0.3, -0.25) is 14.4 Å². The van der Waals surface area contributed by atoms with Gasteiger partial charge < -0.3 is 24.8 Å². The first kappa shape index (κ1) is 26.9. The van der Waals surface area contributed by atoms with Crippen molar-refractivity contribution in [2.24, 2.45) is 11.8 Å². The van der Waals surface area contributed by atoms with E-state index in [4.69, 9.17) is 14.2 Å². The van der Waals surface area contributed by atoms with Crippen LogP contribution in [-0.4, -0.2) is 55.4 Å². The second-order valence-electron chi connectivity index (χ2n) is 7.38. The Morgan fingerprint density at radius 2 is 1.76 bits per heavy atom. The maximum Gasteiger partial charge on any atom is 0.342 e. The number of carbonyl (C=O) groups is 4. The minimum absolute atomic E-state index is 0.0178. The van der Waals surface area contributed by atoms with E-state index in [0.717, 1.165) is 0 Å². The van der Waals surface area contributed by atoms with Gasteiger partial charge in [-0.05, 0) is 30.5 Å². The maximum atomic E-state index is 12.8. The highest BCUT2D eigenvalue weighted by atomic mass is 32.1. The number of rotatable bonds is 13. The number of carbonyl (C=O) groups excluding carboxylic acids is 4. The van der Waals surface area contributed by atoms with E-state index in [9.17, 15) is 19.2 Å². The maximum absolute atomic E-state index is 12.8. The summed E-state index contributed by atoms with van der Waals surface area (Å²) in [5.41, 5.74) is 0.475. The third-order valence-electron chi connectivity index (χ3n) is 4.97.